The van der Waals surface area contributed by atoms with Crippen LogP contribution in [0.15, 0.2) is 42.5 Å². The maximum Gasteiger partial charge on any atom is 0.348 e. The Hall–Kier alpha value is -3.07. The third kappa shape index (κ3) is 4.45. The van der Waals surface area contributed by atoms with Crippen LogP contribution < -0.4 is 5.32 Å². The first-order valence-electron chi connectivity index (χ1n) is 10.6. The van der Waals surface area contributed by atoms with Crippen LogP contribution in [0.4, 0.5) is 8.78 Å². The van der Waals surface area contributed by atoms with Crippen molar-refractivity contribution in [2.45, 2.75) is 36.1 Å². The smallest absolute Gasteiger partial charge is 0.348 e. The van der Waals surface area contributed by atoms with Crippen molar-refractivity contribution in [1.29, 1.82) is 0 Å². The summed E-state index contributed by atoms with van der Waals surface area (Å²) in [5.74, 6) is -9.33. The van der Waals surface area contributed by atoms with Crippen molar-refractivity contribution in [3.63, 3.8) is 0 Å². The summed E-state index contributed by atoms with van der Waals surface area (Å²) in [6.07, 6.45) is -0.297. The van der Waals surface area contributed by atoms with Crippen LogP contribution in [0.1, 0.15) is 39.4 Å². The first-order valence-corrected chi connectivity index (χ1v) is 11.0. The van der Waals surface area contributed by atoms with Gasteiger partial charge in [-0.05, 0) is 41.0 Å². The number of carbonyl (C=O) groups is 4. The lowest BCUT2D eigenvalue weighted by Crippen LogP contribution is -2.58. The Bertz CT molecular complexity index is 1280. The third-order valence-electron chi connectivity index (χ3n) is 6.18. The fraction of sp³-hybridized carbons (Fsp3) is 0.273. The fourth-order valence-electron chi connectivity index (χ4n) is 4.10. The topological polar surface area (TPSA) is 86.8 Å². The van der Waals surface area contributed by atoms with Crippen molar-refractivity contribution in [3.8, 4) is 0 Å². The highest BCUT2D eigenvalue weighted by molar-refractivity contribution is 6.52. The molecule has 4 amide bonds. The van der Waals surface area contributed by atoms with E-state index in [0.717, 1.165) is 12.1 Å². The highest BCUT2D eigenvalue weighted by atomic mass is 35.5. The number of imide groups is 1. The maximum atomic E-state index is 14.8. The standard InChI is InChI=1S/C22H14B4ClF2N3O4/c23-16(32(26)20(36)22(28,29)12-2-4-13(27)5-3-12)10-1-6-14-11(7-10)9-31(18(14)34)15-8-21(24,25)19(35)30-17(15)33/h1-7,15-16H,8-9H2,(H,30,33,35). The van der Waals surface area contributed by atoms with Crippen molar-refractivity contribution in [2.75, 3.05) is 0 Å². The lowest BCUT2D eigenvalue weighted by molar-refractivity contribution is -0.154. The van der Waals surface area contributed by atoms with Crippen molar-refractivity contribution < 1.29 is 28.0 Å². The molecule has 0 spiro atoms. The predicted molar refractivity (Wildman–Crippen MR) is 129 cm³/mol. The van der Waals surface area contributed by atoms with E-state index >= 15 is 0 Å². The molecule has 14 heteroatoms. The first-order chi connectivity index (χ1) is 16.7. The lowest BCUT2D eigenvalue weighted by Gasteiger charge is -2.38. The molecule has 2 unspecified atom stereocenters. The van der Waals surface area contributed by atoms with Gasteiger partial charge in [-0.3, -0.25) is 24.5 Å². The first kappa shape index (κ1) is 26.0. The molecule has 1 fully saturated rings. The second kappa shape index (κ2) is 9.10. The zero-order chi connectivity index (χ0) is 26.6. The van der Waals surface area contributed by atoms with Crippen LogP contribution in [-0.4, -0.2) is 70.9 Å². The monoisotopic (exact) mass is 501 g/mol. The molecule has 0 saturated carbocycles. The lowest BCUT2D eigenvalue weighted by atomic mass is 9.50. The molecule has 2 aliphatic rings. The molecule has 7 nitrogen and oxygen atoms in total. The van der Waals surface area contributed by atoms with Crippen LogP contribution in [0.2, 0.25) is 10.2 Å². The molecule has 1 saturated heterocycles. The van der Waals surface area contributed by atoms with E-state index in [2.05, 4.69) is 5.32 Å². The summed E-state index contributed by atoms with van der Waals surface area (Å²) in [7, 11) is 23.2. The second-order valence-electron chi connectivity index (χ2n) is 8.67. The summed E-state index contributed by atoms with van der Waals surface area (Å²) in [5, 5.41) is 0.414. The van der Waals surface area contributed by atoms with Gasteiger partial charge in [0.05, 0.1) is 15.7 Å². The van der Waals surface area contributed by atoms with Gasteiger partial charge >= 0.3 is 5.92 Å². The van der Waals surface area contributed by atoms with Gasteiger partial charge < -0.3 is 9.71 Å². The minimum Gasteiger partial charge on any atom is -0.393 e. The summed E-state index contributed by atoms with van der Waals surface area (Å²) in [4.78, 5) is 51.0. The number of amides is 4. The van der Waals surface area contributed by atoms with Crippen LogP contribution in [0.5, 0.6) is 0 Å². The Morgan fingerprint density at radius 2 is 1.81 bits per heavy atom. The van der Waals surface area contributed by atoms with Gasteiger partial charge in [-0.25, -0.2) is 0 Å². The van der Waals surface area contributed by atoms with Crippen LogP contribution in [0, 0.1) is 0 Å². The van der Waals surface area contributed by atoms with Crippen molar-refractivity contribution in [3.05, 3.63) is 69.7 Å². The van der Waals surface area contributed by atoms with Gasteiger partial charge in [-0.15, -0.1) is 0 Å². The zero-order valence-electron chi connectivity index (χ0n) is 18.6. The van der Waals surface area contributed by atoms with E-state index in [1.54, 1.807) is 0 Å². The van der Waals surface area contributed by atoms with Crippen LogP contribution in [-0.2, 0) is 26.9 Å². The summed E-state index contributed by atoms with van der Waals surface area (Å²) in [6.45, 7) is -0.0729. The predicted octanol–water partition coefficient (Wildman–Crippen LogP) is 1.04. The average Bonchev–Trinajstić information content (AvgIpc) is 3.15. The van der Waals surface area contributed by atoms with Gasteiger partial charge in [0.1, 0.15) is 13.9 Å². The summed E-state index contributed by atoms with van der Waals surface area (Å²) in [6, 6.07) is 7.48. The van der Waals surface area contributed by atoms with Gasteiger partial charge in [-0.2, -0.15) is 8.78 Å². The quantitative estimate of drug-likeness (QED) is 0.491. The number of carbonyl (C=O) groups excluding carboxylic acids is 4. The Kier molecular flexibility index (Phi) is 6.58. The Balaban J connectivity index is 1.54. The van der Waals surface area contributed by atoms with Gasteiger partial charge in [0, 0.05) is 28.6 Å². The molecule has 0 aliphatic carbocycles. The Morgan fingerprint density at radius 1 is 1.17 bits per heavy atom. The molecule has 2 aromatic rings. The van der Waals surface area contributed by atoms with E-state index in [1.807, 2.05) is 0 Å². The van der Waals surface area contributed by atoms with E-state index in [1.165, 1.54) is 35.2 Å². The number of hydrogen-bond acceptors (Lipinski definition) is 4. The molecule has 4 rings (SSSR count). The molecule has 2 heterocycles. The number of benzene rings is 2. The molecule has 174 valence electrons. The number of nitrogens with zero attached hydrogens (tertiary/aromatic N) is 2. The van der Waals surface area contributed by atoms with Crippen molar-refractivity contribution in [2.24, 2.45) is 0 Å². The molecule has 36 heavy (non-hydrogen) atoms. The van der Waals surface area contributed by atoms with Crippen LogP contribution in [0.25, 0.3) is 0 Å². The number of nitrogens with one attached hydrogen (secondary N) is 1. The van der Waals surface area contributed by atoms with E-state index in [0.29, 0.717) is 5.56 Å². The molecule has 2 aliphatic heterocycles. The van der Waals surface area contributed by atoms with Gasteiger partial charge in [0.15, 0.2) is 0 Å². The molecule has 2 atom stereocenters. The normalized spacial score (nSPS) is 20.0. The minimum absolute atomic E-state index is 0.0729. The third-order valence-corrected chi connectivity index (χ3v) is 6.43. The van der Waals surface area contributed by atoms with Crippen LogP contribution >= 0.6 is 11.6 Å². The van der Waals surface area contributed by atoms with Gasteiger partial charge in [-0.1, -0.05) is 35.9 Å². The number of halogens is 3. The van der Waals surface area contributed by atoms with Crippen molar-refractivity contribution in [1.82, 2.24) is 15.0 Å². The van der Waals surface area contributed by atoms with E-state index in [4.69, 9.17) is 43.1 Å². The fourth-order valence-corrected chi connectivity index (χ4v) is 4.23. The maximum absolute atomic E-state index is 14.8. The van der Waals surface area contributed by atoms with E-state index in [9.17, 15) is 28.0 Å². The zero-order valence-corrected chi connectivity index (χ0v) is 19.3. The van der Waals surface area contributed by atoms with E-state index in [-0.39, 0.29) is 33.9 Å². The van der Waals surface area contributed by atoms with Gasteiger partial charge in [0.2, 0.25) is 19.8 Å². The highest BCUT2D eigenvalue weighted by Gasteiger charge is 2.46. The number of rotatable bonds is 5. The molecule has 2 aromatic carbocycles. The van der Waals surface area contributed by atoms with Gasteiger partial charge in [0.25, 0.3) is 11.8 Å². The Morgan fingerprint density at radius 3 is 2.44 bits per heavy atom. The SMILES string of the molecule is [B]C(c1ccc2c(c1)CN(C1CC([B])([B])C(=O)NC1=O)C2=O)N([B])C(=O)C(F)(F)c1ccc(Cl)cc1. The van der Waals surface area contributed by atoms with Crippen molar-refractivity contribution >= 4 is 66.7 Å². The molecule has 1 N–H and O–H groups in total. The Labute approximate surface area is 215 Å². The minimum atomic E-state index is -3.98. The number of hydrogen-bond donors (Lipinski definition) is 1. The largest absolute Gasteiger partial charge is 0.393 e. The molecule has 0 aromatic heterocycles. The average molecular weight is 501 g/mol. The van der Waals surface area contributed by atoms with E-state index < -0.39 is 52.3 Å². The highest BCUT2D eigenvalue weighted by Crippen LogP contribution is 2.36. The molecule has 8 radical (unpaired) electrons. The number of fused-ring (bicyclic) bond motifs is 1. The summed E-state index contributed by atoms with van der Waals surface area (Å²) in [5.41, 5.74) is 0.176. The second-order valence-corrected chi connectivity index (χ2v) is 9.10. The molecule has 0 bridgehead atoms. The molecular weight excluding hydrogens is 487 g/mol. The van der Waals surface area contributed by atoms with Crippen LogP contribution in [0.3, 0.4) is 0 Å². The summed E-state index contributed by atoms with van der Waals surface area (Å²) >= 11 is 5.72. The molecular formula is C22H14B4ClF2N3O4. The number of alkyl halides is 2. The summed E-state index contributed by atoms with van der Waals surface area (Å²) < 4.78 is 29.5. The number of piperidine rings is 1.